The van der Waals surface area contributed by atoms with E-state index in [1.807, 2.05) is 18.6 Å². The van der Waals surface area contributed by atoms with Gasteiger partial charge in [0.05, 0.1) is 16.2 Å². The fraction of sp³-hybridized carbons (Fsp3) is 0.455. The average Bonchev–Trinajstić information content (AvgIpc) is 2.84. The van der Waals surface area contributed by atoms with E-state index in [9.17, 15) is 0 Å². The first-order chi connectivity index (χ1) is 7.66. The van der Waals surface area contributed by atoms with Crippen molar-refractivity contribution < 1.29 is 0 Å². The van der Waals surface area contributed by atoms with E-state index in [2.05, 4.69) is 29.1 Å². The minimum absolute atomic E-state index is 0.342. The molecular weight excluding hydrogens is 238 g/mol. The van der Waals surface area contributed by atoms with Crippen LogP contribution in [0, 0.1) is 13.8 Å². The van der Waals surface area contributed by atoms with Gasteiger partial charge in [-0.15, -0.1) is 22.7 Å². The van der Waals surface area contributed by atoms with Crippen LogP contribution in [-0.4, -0.2) is 9.97 Å². The molecule has 1 N–H and O–H groups in total. The van der Waals surface area contributed by atoms with Crippen molar-refractivity contribution in [3.63, 3.8) is 0 Å². The van der Waals surface area contributed by atoms with Gasteiger partial charge < -0.3 is 5.32 Å². The zero-order chi connectivity index (χ0) is 11.5. The lowest BCUT2D eigenvalue weighted by atomic mass is 10.3. The minimum atomic E-state index is 0.342. The maximum atomic E-state index is 4.51. The summed E-state index contributed by atoms with van der Waals surface area (Å²) in [5, 5.41) is 4.61. The molecule has 2 aromatic heterocycles. The third-order valence-electron chi connectivity index (χ3n) is 2.45. The monoisotopic (exact) mass is 253 g/mol. The van der Waals surface area contributed by atoms with E-state index in [0.29, 0.717) is 6.04 Å². The third-order valence-corrected chi connectivity index (χ3v) is 4.34. The molecule has 0 aromatic carbocycles. The number of rotatable bonds is 4. The topological polar surface area (TPSA) is 37.8 Å². The summed E-state index contributed by atoms with van der Waals surface area (Å²) in [6, 6.07) is 0.342. The number of thiazole rings is 2. The van der Waals surface area contributed by atoms with E-state index in [0.717, 1.165) is 11.6 Å². The summed E-state index contributed by atoms with van der Waals surface area (Å²) in [6.45, 7) is 7.16. The van der Waals surface area contributed by atoms with Crippen LogP contribution in [0.25, 0.3) is 0 Å². The van der Waals surface area contributed by atoms with Crippen LogP contribution in [0.5, 0.6) is 0 Å². The largest absolute Gasteiger partial charge is 0.304 e. The number of nitrogens with one attached hydrogen (secondary N) is 1. The van der Waals surface area contributed by atoms with E-state index >= 15 is 0 Å². The molecule has 0 bridgehead atoms. The fourth-order valence-corrected chi connectivity index (χ4v) is 3.01. The van der Waals surface area contributed by atoms with Crippen LogP contribution in [-0.2, 0) is 6.54 Å². The molecule has 0 aliphatic rings. The van der Waals surface area contributed by atoms with Gasteiger partial charge in [0, 0.05) is 28.5 Å². The van der Waals surface area contributed by atoms with Crippen LogP contribution in [0.2, 0.25) is 0 Å². The predicted octanol–water partition coefficient (Wildman–Crippen LogP) is 3.07. The normalized spacial score (nSPS) is 12.9. The molecule has 0 spiro atoms. The van der Waals surface area contributed by atoms with E-state index in [1.165, 1.54) is 15.4 Å². The second-order valence-corrected chi connectivity index (χ2v) is 6.07. The Bertz CT molecular complexity index is 448. The molecule has 86 valence electrons. The summed E-state index contributed by atoms with van der Waals surface area (Å²) in [5.41, 5.74) is 3.03. The number of hydrogen-bond acceptors (Lipinski definition) is 5. The summed E-state index contributed by atoms with van der Waals surface area (Å²) in [6.07, 6.45) is 1.92. The Morgan fingerprint density at radius 1 is 1.44 bits per heavy atom. The van der Waals surface area contributed by atoms with Gasteiger partial charge in [0.15, 0.2) is 0 Å². The van der Waals surface area contributed by atoms with Crippen LogP contribution in [0.1, 0.15) is 33.4 Å². The van der Waals surface area contributed by atoms with Crippen LogP contribution in [0.15, 0.2) is 11.7 Å². The van der Waals surface area contributed by atoms with Gasteiger partial charge >= 0.3 is 0 Å². The van der Waals surface area contributed by atoms with Crippen molar-refractivity contribution in [2.45, 2.75) is 33.4 Å². The van der Waals surface area contributed by atoms with Gasteiger partial charge in [-0.25, -0.2) is 4.98 Å². The molecule has 3 nitrogen and oxygen atoms in total. The summed E-state index contributed by atoms with van der Waals surface area (Å²) in [4.78, 5) is 11.2. The summed E-state index contributed by atoms with van der Waals surface area (Å²) in [5.74, 6) is 0. The van der Waals surface area contributed by atoms with Gasteiger partial charge in [-0.3, -0.25) is 4.98 Å². The zero-order valence-electron chi connectivity index (χ0n) is 9.65. The number of aromatic nitrogens is 2. The molecule has 0 radical (unpaired) electrons. The highest BCUT2D eigenvalue weighted by molar-refractivity contribution is 7.11. The average molecular weight is 253 g/mol. The molecule has 16 heavy (non-hydrogen) atoms. The molecular formula is C11H15N3S2. The number of aryl methyl sites for hydroxylation is 2. The van der Waals surface area contributed by atoms with Crippen molar-refractivity contribution in [3.05, 3.63) is 32.2 Å². The van der Waals surface area contributed by atoms with Gasteiger partial charge in [0.25, 0.3) is 0 Å². The second kappa shape index (κ2) is 5.03. The van der Waals surface area contributed by atoms with Crippen molar-refractivity contribution in [1.82, 2.24) is 15.3 Å². The van der Waals surface area contributed by atoms with E-state index < -0.39 is 0 Å². The first-order valence-corrected chi connectivity index (χ1v) is 6.91. The van der Waals surface area contributed by atoms with E-state index in [1.54, 1.807) is 22.7 Å². The van der Waals surface area contributed by atoms with E-state index in [-0.39, 0.29) is 0 Å². The molecule has 0 saturated carbocycles. The van der Waals surface area contributed by atoms with Gasteiger partial charge in [-0.1, -0.05) is 0 Å². The molecule has 2 aromatic rings. The maximum absolute atomic E-state index is 4.51. The van der Waals surface area contributed by atoms with Crippen LogP contribution in [0.4, 0.5) is 0 Å². The minimum Gasteiger partial charge on any atom is -0.304 e. The lowest BCUT2D eigenvalue weighted by Gasteiger charge is -2.10. The highest BCUT2D eigenvalue weighted by Gasteiger charge is 2.09. The van der Waals surface area contributed by atoms with Crippen molar-refractivity contribution in [2.24, 2.45) is 0 Å². The highest BCUT2D eigenvalue weighted by Crippen LogP contribution is 2.19. The van der Waals surface area contributed by atoms with E-state index in [4.69, 9.17) is 0 Å². The zero-order valence-corrected chi connectivity index (χ0v) is 11.3. The van der Waals surface area contributed by atoms with Crippen molar-refractivity contribution in [2.75, 3.05) is 0 Å². The van der Waals surface area contributed by atoms with Crippen molar-refractivity contribution in [3.8, 4) is 0 Å². The Balaban J connectivity index is 1.95. The molecule has 1 atom stereocenters. The Morgan fingerprint density at radius 2 is 2.25 bits per heavy atom. The van der Waals surface area contributed by atoms with Gasteiger partial charge in [-0.05, 0) is 20.8 Å². The second-order valence-electron chi connectivity index (χ2n) is 3.74. The maximum Gasteiger partial charge on any atom is 0.0900 e. The third kappa shape index (κ3) is 2.66. The SMILES string of the molecule is Cc1nc(CNC(C)c2cncs2)c(C)s1. The van der Waals surface area contributed by atoms with Gasteiger partial charge in [-0.2, -0.15) is 0 Å². The molecule has 0 aliphatic carbocycles. The Labute approximate surface area is 104 Å². The standard InChI is InChI=1S/C11H15N3S2/c1-7(11-5-12-6-15-11)13-4-10-8(2)16-9(3)14-10/h5-7,13H,4H2,1-3H3. The van der Waals surface area contributed by atoms with Crippen LogP contribution in [0.3, 0.4) is 0 Å². The van der Waals surface area contributed by atoms with Gasteiger partial charge in [0.2, 0.25) is 0 Å². The van der Waals surface area contributed by atoms with Gasteiger partial charge in [0.1, 0.15) is 0 Å². The molecule has 5 heteroatoms. The highest BCUT2D eigenvalue weighted by atomic mass is 32.1. The Morgan fingerprint density at radius 3 is 2.81 bits per heavy atom. The quantitative estimate of drug-likeness (QED) is 0.910. The summed E-state index contributed by atoms with van der Waals surface area (Å²) in [7, 11) is 0. The first kappa shape index (κ1) is 11.7. The molecule has 1 unspecified atom stereocenters. The lowest BCUT2D eigenvalue weighted by molar-refractivity contribution is 0.574. The Hall–Kier alpha value is -0.780. The van der Waals surface area contributed by atoms with Crippen LogP contribution >= 0.6 is 22.7 Å². The molecule has 0 fully saturated rings. The summed E-state index contributed by atoms with van der Waals surface area (Å²) < 4.78 is 0. The smallest absolute Gasteiger partial charge is 0.0900 e. The first-order valence-electron chi connectivity index (χ1n) is 5.21. The number of nitrogens with zero attached hydrogens (tertiary/aromatic N) is 2. The molecule has 2 rings (SSSR count). The van der Waals surface area contributed by atoms with Crippen molar-refractivity contribution in [1.29, 1.82) is 0 Å². The Kier molecular flexibility index (Phi) is 3.68. The molecule has 0 saturated heterocycles. The molecule has 2 heterocycles. The van der Waals surface area contributed by atoms with Crippen molar-refractivity contribution >= 4 is 22.7 Å². The predicted molar refractivity (Wildman–Crippen MR) is 69.0 cm³/mol. The lowest BCUT2D eigenvalue weighted by Crippen LogP contribution is -2.17. The summed E-state index contributed by atoms with van der Waals surface area (Å²) >= 11 is 3.44. The number of hydrogen-bond donors (Lipinski definition) is 1. The molecule has 0 amide bonds. The fourth-order valence-electron chi connectivity index (χ4n) is 1.53. The van der Waals surface area contributed by atoms with Crippen LogP contribution < -0.4 is 5.32 Å². The molecule has 0 aliphatic heterocycles.